The number of carbonyl (C=O) groups is 1. The molecular weight excluding hydrogens is 162 g/mol. The predicted molar refractivity (Wildman–Crippen MR) is 40.6 cm³/mol. The van der Waals surface area contributed by atoms with Crippen LogP contribution in [0.2, 0.25) is 0 Å². The quantitative estimate of drug-likeness (QED) is 0.347. The molecule has 0 bridgehead atoms. The van der Waals surface area contributed by atoms with E-state index in [2.05, 4.69) is 9.47 Å². The standard InChI is InChI=1S/C7H12NO4/c1-5(2)6(8)7(10)12-4-11-3-9/h5-6H,4,8H2,1-2H3. The Labute approximate surface area is 70.8 Å². The second-order valence-corrected chi connectivity index (χ2v) is 2.58. The van der Waals surface area contributed by atoms with Crippen molar-refractivity contribution in [1.82, 2.24) is 0 Å². The van der Waals surface area contributed by atoms with Gasteiger partial charge in [0.2, 0.25) is 6.79 Å². The number of hydrogen-bond donors (Lipinski definition) is 1. The Kier molecular flexibility index (Phi) is 5.03. The molecular formula is C7H12NO4. The van der Waals surface area contributed by atoms with Crippen molar-refractivity contribution < 1.29 is 19.1 Å². The first-order valence-corrected chi connectivity index (χ1v) is 3.50. The highest BCUT2D eigenvalue weighted by Crippen LogP contribution is 1.99. The average molecular weight is 174 g/mol. The van der Waals surface area contributed by atoms with Crippen molar-refractivity contribution in [1.29, 1.82) is 0 Å². The third kappa shape index (κ3) is 3.92. The summed E-state index contributed by atoms with van der Waals surface area (Å²) in [6, 6.07) is -0.680. The molecule has 5 nitrogen and oxygen atoms in total. The molecule has 1 unspecified atom stereocenters. The first-order chi connectivity index (χ1) is 5.59. The Morgan fingerprint density at radius 1 is 1.58 bits per heavy atom. The van der Waals surface area contributed by atoms with E-state index >= 15 is 0 Å². The lowest BCUT2D eigenvalue weighted by molar-refractivity contribution is -0.153. The van der Waals surface area contributed by atoms with Crippen molar-refractivity contribution in [3.8, 4) is 0 Å². The van der Waals surface area contributed by atoms with Gasteiger partial charge in [-0.25, -0.2) is 4.79 Å². The average Bonchev–Trinajstić information content (AvgIpc) is 2.03. The third-order valence-corrected chi connectivity index (χ3v) is 1.31. The highest BCUT2D eigenvalue weighted by atomic mass is 16.7. The van der Waals surface area contributed by atoms with Gasteiger partial charge in [-0.15, -0.1) is 0 Å². The fraction of sp³-hybridized carbons (Fsp3) is 0.714. The van der Waals surface area contributed by atoms with E-state index in [9.17, 15) is 9.59 Å². The van der Waals surface area contributed by atoms with E-state index in [1.54, 1.807) is 13.8 Å². The number of carbonyl (C=O) groups excluding carboxylic acids is 2. The Bertz CT molecular complexity index is 157. The molecule has 0 aliphatic rings. The van der Waals surface area contributed by atoms with Gasteiger partial charge in [-0.3, -0.25) is 4.79 Å². The number of esters is 1. The van der Waals surface area contributed by atoms with Crippen molar-refractivity contribution in [2.75, 3.05) is 6.79 Å². The minimum absolute atomic E-state index is 0.00212. The van der Waals surface area contributed by atoms with Gasteiger partial charge in [-0.1, -0.05) is 13.8 Å². The second-order valence-electron chi connectivity index (χ2n) is 2.58. The maximum Gasteiger partial charge on any atom is 0.420 e. The largest absolute Gasteiger partial charge is 0.427 e. The van der Waals surface area contributed by atoms with Crippen LogP contribution in [0.1, 0.15) is 13.8 Å². The molecule has 5 heteroatoms. The van der Waals surface area contributed by atoms with Crippen LogP contribution >= 0.6 is 0 Å². The summed E-state index contributed by atoms with van der Waals surface area (Å²) in [6.45, 7) is 4.28. The fourth-order valence-electron chi connectivity index (χ4n) is 0.480. The smallest absolute Gasteiger partial charge is 0.420 e. The Morgan fingerprint density at radius 3 is 2.58 bits per heavy atom. The van der Waals surface area contributed by atoms with Crippen LogP contribution in [0.5, 0.6) is 0 Å². The van der Waals surface area contributed by atoms with Crippen LogP contribution in [0.15, 0.2) is 0 Å². The number of rotatable bonds is 5. The Morgan fingerprint density at radius 2 is 2.17 bits per heavy atom. The van der Waals surface area contributed by atoms with E-state index in [0.717, 1.165) is 6.47 Å². The minimum Gasteiger partial charge on any atom is -0.427 e. The van der Waals surface area contributed by atoms with Crippen LogP contribution in [-0.4, -0.2) is 25.3 Å². The van der Waals surface area contributed by atoms with Crippen LogP contribution in [0.25, 0.3) is 0 Å². The predicted octanol–water partition coefficient (Wildman–Crippen LogP) is -0.446. The van der Waals surface area contributed by atoms with Gasteiger partial charge in [-0.2, -0.15) is 0 Å². The van der Waals surface area contributed by atoms with Gasteiger partial charge < -0.3 is 15.2 Å². The summed E-state index contributed by atoms with van der Waals surface area (Å²) in [5.41, 5.74) is 5.41. The molecule has 1 atom stereocenters. The maximum absolute atomic E-state index is 10.9. The van der Waals surface area contributed by atoms with Crippen LogP contribution in [-0.2, 0) is 19.1 Å². The summed E-state index contributed by atoms with van der Waals surface area (Å²) in [4.78, 5) is 20.4. The van der Waals surface area contributed by atoms with Gasteiger partial charge >= 0.3 is 12.4 Å². The summed E-state index contributed by atoms with van der Waals surface area (Å²) < 4.78 is 8.49. The maximum atomic E-state index is 10.9. The molecule has 0 aromatic rings. The zero-order valence-electron chi connectivity index (χ0n) is 7.07. The van der Waals surface area contributed by atoms with Crippen molar-refractivity contribution in [2.45, 2.75) is 19.9 Å². The van der Waals surface area contributed by atoms with Gasteiger partial charge in [0, 0.05) is 0 Å². The lowest BCUT2D eigenvalue weighted by Crippen LogP contribution is -2.37. The topological polar surface area (TPSA) is 78.6 Å². The lowest BCUT2D eigenvalue weighted by atomic mass is 10.1. The van der Waals surface area contributed by atoms with Crippen LogP contribution in [0.4, 0.5) is 0 Å². The first kappa shape index (κ1) is 10.9. The van der Waals surface area contributed by atoms with Crippen molar-refractivity contribution >= 4 is 12.4 Å². The third-order valence-electron chi connectivity index (χ3n) is 1.31. The highest BCUT2D eigenvalue weighted by molar-refractivity contribution is 5.75. The molecule has 0 spiro atoms. The minimum atomic E-state index is -0.680. The summed E-state index contributed by atoms with van der Waals surface area (Å²) in [5, 5.41) is 0. The number of ether oxygens (including phenoxy) is 2. The summed E-state index contributed by atoms with van der Waals surface area (Å²) >= 11 is 0. The Balaban J connectivity index is 3.64. The lowest BCUT2D eigenvalue weighted by Gasteiger charge is -2.13. The van der Waals surface area contributed by atoms with Crippen molar-refractivity contribution in [3.63, 3.8) is 0 Å². The molecule has 0 aliphatic heterocycles. The number of nitrogens with two attached hydrogens (primary N) is 1. The van der Waals surface area contributed by atoms with Gasteiger partial charge in [0.15, 0.2) is 0 Å². The monoisotopic (exact) mass is 174 g/mol. The normalized spacial score (nSPS) is 12.3. The van der Waals surface area contributed by atoms with Crippen LogP contribution in [0, 0.1) is 5.92 Å². The SMILES string of the molecule is CC(C)C(N)C(=O)OCO[C]=O. The second kappa shape index (κ2) is 5.54. The van der Waals surface area contributed by atoms with E-state index in [1.165, 1.54) is 0 Å². The van der Waals surface area contributed by atoms with E-state index < -0.39 is 18.8 Å². The van der Waals surface area contributed by atoms with Gasteiger partial charge in [0.1, 0.15) is 6.04 Å². The molecule has 12 heavy (non-hydrogen) atoms. The summed E-state index contributed by atoms with van der Waals surface area (Å²) in [6.07, 6.45) is 0. The molecule has 0 amide bonds. The van der Waals surface area contributed by atoms with Crippen molar-refractivity contribution in [3.05, 3.63) is 0 Å². The van der Waals surface area contributed by atoms with E-state index in [1.807, 2.05) is 0 Å². The van der Waals surface area contributed by atoms with E-state index in [-0.39, 0.29) is 5.92 Å². The summed E-state index contributed by atoms with van der Waals surface area (Å²) in [7, 11) is 0. The molecule has 0 saturated carbocycles. The molecule has 0 fully saturated rings. The van der Waals surface area contributed by atoms with E-state index in [4.69, 9.17) is 5.73 Å². The van der Waals surface area contributed by atoms with Crippen LogP contribution in [0.3, 0.4) is 0 Å². The molecule has 2 N–H and O–H groups in total. The molecule has 0 aromatic heterocycles. The summed E-state index contributed by atoms with van der Waals surface area (Å²) in [5.74, 6) is -0.585. The molecule has 1 radical (unpaired) electrons. The molecule has 0 rings (SSSR count). The van der Waals surface area contributed by atoms with Crippen molar-refractivity contribution in [2.24, 2.45) is 11.7 Å². The molecule has 0 heterocycles. The first-order valence-electron chi connectivity index (χ1n) is 3.50. The van der Waals surface area contributed by atoms with Crippen LogP contribution < -0.4 is 5.73 Å². The van der Waals surface area contributed by atoms with E-state index in [0.29, 0.717) is 0 Å². The number of hydrogen-bond acceptors (Lipinski definition) is 5. The van der Waals surface area contributed by atoms with Gasteiger partial charge in [-0.05, 0) is 5.92 Å². The highest BCUT2D eigenvalue weighted by Gasteiger charge is 2.18. The molecule has 0 aliphatic carbocycles. The van der Waals surface area contributed by atoms with Gasteiger partial charge in [0.05, 0.1) is 0 Å². The Hall–Kier alpha value is -1.10. The molecule has 0 aromatic carbocycles. The zero-order valence-corrected chi connectivity index (χ0v) is 7.07. The molecule has 69 valence electrons. The van der Waals surface area contributed by atoms with Gasteiger partial charge in [0.25, 0.3) is 0 Å². The fourth-order valence-corrected chi connectivity index (χ4v) is 0.480. The zero-order chi connectivity index (χ0) is 9.56. The molecule has 0 saturated heterocycles.